The molecule has 1 unspecified atom stereocenters. The molecule has 104 valence electrons. The van der Waals surface area contributed by atoms with Gasteiger partial charge in [-0.2, -0.15) is 0 Å². The predicted molar refractivity (Wildman–Crippen MR) is 73.6 cm³/mol. The van der Waals surface area contributed by atoms with E-state index in [-0.39, 0.29) is 5.60 Å². The summed E-state index contributed by atoms with van der Waals surface area (Å²) in [5.74, 6) is 0. The van der Waals surface area contributed by atoms with Crippen LogP contribution in [-0.2, 0) is 9.47 Å². The zero-order chi connectivity index (χ0) is 12.8. The van der Waals surface area contributed by atoms with E-state index in [1.807, 2.05) is 13.4 Å². The molecular weight excluding hydrogens is 226 g/mol. The average molecular weight is 253 g/mol. The van der Waals surface area contributed by atoms with E-state index in [0.29, 0.717) is 6.04 Å². The van der Waals surface area contributed by atoms with E-state index in [1.54, 1.807) is 0 Å². The summed E-state index contributed by atoms with van der Waals surface area (Å²) in [6, 6.07) is 0.436. The van der Waals surface area contributed by atoms with Crippen LogP contribution in [0.3, 0.4) is 0 Å². The first-order chi connectivity index (χ1) is 8.79. The highest BCUT2D eigenvalue weighted by atomic mass is 16.5. The van der Waals surface area contributed by atoms with Crippen molar-refractivity contribution in [1.29, 1.82) is 0 Å². The van der Waals surface area contributed by atoms with Gasteiger partial charge in [-0.1, -0.05) is 6.92 Å². The van der Waals surface area contributed by atoms with Gasteiger partial charge in [0.2, 0.25) is 0 Å². The Balaban J connectivity index is 1.97. The predicted octanol–water partition coefficient (Wildman–Crippen LogP) is 3.01. The van der Waals surface area contributed by atoms with Crippen molar-refractivity contribution in [3.8, 4) is 0 Å². The molecule has 3 nitrogen and oxygen atoms in total. The van der Waals surface area contributed by atoms with Gasteiger partial charge in [0.1, 0.15) is 0 Å². The maximum absolute atomic E-state index is 5.77. The van der Waals surface area contributed by atoms with E-state index < -0.39 is 0 Å². The van der Waals surface area contributed by atoms with Crippen LogP contribution < -0.4 is 5.32 Å². The quantitative estimate of drug-likeness (QED) is 0.756. The first-order valence-electron chi connectivity index (χ1n) is 7.39. The Morgan fingerprint density at radius 3 is 2.78 bits per heavy atom. The maximum Gasteiger partial charge on any atom is 0.0876 e. The molecule has 0 bridgehead atoms. The van der Waals surface area contributed by atoms with Crippen molar-refractivity contribution in [3.05, 3.63) is 11.8 Å². The van der Waals surface area contributed by atoms with Gasteiger partial charge >= 0.3 is 0 Å². The fourth-order valence-corrected chi connectivity index (χ4v) is 2.93. The molecule has 1 heterocycles. The lowest BCUT2D eigenvalue weighted by molar-refractivity contribution is -0.0818. The minimum Gasteiger partial charge on any atom is -0.501 e. The third-order valence-electron chi connectivity index (χ3n) is 4.32. The molecule has 1 aliphatic heterocycles. The van der Waals surface area contributed by atoms with Gasteiger partial charge in [-0.3, -0.25) is 0 Å². The Bertz CT molecular complexity index is 279. The highest BCUT2D eigenvalue weighted by Crippen LogP contribution is 2.40. The molecule has 0 radical (unpaired) electrons. The zero-order valence-electron chi connectivity index (χ0n) is 11.8. The minimum atomic E-state index is 0.129. The average Bonchev–Trinajstić information content (AvgIpc) is 2.38. The molecule has 0 spiro atoms. The Kier molecular flexibility index (Phi) is 5.07. The molecule has 2 rings (SSSR count). The van der Waals surface area contributed by atoms with Crippen LogP contribution in [0.2, 0.25) is 0 Å². The van der Waals surface area contributed by atoms with Crippen LogP contribution in [0.1, 0.15) is 51.9 Å². The van der Waals surface area contributed by atoms with Crippen molar-refractivity contribution in [2.75, 3.05) is 20.3 Å². The number of hydrogen-bond donors (Lipinski definition) is 1. The summed E-state index contributed by atoms with van der Waals surface area (Å²) in [5, 5.41) is 3.67. The van der Waals surface area contributed by atoms with Crippen LogP contribution in [0, 0.1) is 0 Å². The van der Waals surface area contributed by atoms with E-state index in [0.717, 1.165) is 26.0 Å². The van der Waals surface area contributed by atoms with E-state index in [4.69, 9.17) is 9.47 Å². The first-order valence-corrected chi connectivity index (χ1v) is 7.39. The van der Waals surface area contributed by atoms with Gasteiger partial charge in [0.25, 0.3) is 0 Å². The topological polar surface area (TPSA) is 30.5 Å². The van der Waals surface area contributed by atoms with Crippen LogP contribution in [-0.4, -0.2) is 31.9 Å². The highest BCUT2D eigenvalue weighted by molar-refractivity contribution is 5.13. The van der Waals surface area contributed by atoms with Gasteiger partial charge in [-0.25, -0.2) is 0 Å². The van der Waals surface area contributed by atoms with E-state index >= 15 is 0 Å². The van der Waals surface area contributed by atoms with Crippen LogP contribution in [0.15, 0.2) is 11.8 Å². The normalized spacial score (nSPS) is 23.8. The summed E-state index contributed by atoms with van der Waals surface area (Å²) in [5.41, 5.74) is 1.56. The second-order valence-corrected chi connectivity index (χ2v) is 5.62. The molecule has 0 amide bonds. The molecule has 1 fully saturated rings. The van der Waals surface area contributed by atoms with E-state index in [1.165, 1.54) is 37.7 Å². The molecule has 0 aromatic heterocycles. The van der Waals surface area contributed by atoms with Crippen molar-refractivity contribution in [1.82, 2.24) is 5.32 Å². The molecule has 1 N–H and O–H groups in total. The van der Waals surface area contributed by atoms with Crippen LogP contribution in [0.25, 0.3) is 0 Å². The Hall–Kier alpha value is -0.540. The smallest absolute Gasteiger partial charge is 0.0876 e. The highest BCUT2D eigenvalue weighted by Gasteiger charge is 2.39. The van der Waals surface area contributed by atoms with Crippen LogP contribution >= 0.6 is 0 Å². The summed E-state index contributed by atoms with van der Waals surface area (Å²) in [6.07, 6.45) is 10.3. The lowest BCUT2D eigenvalue weighted by Crippen LogP contribution is -2.47. The summed E-state index contributed by atoms with van der Waals surface area (Å²) in [7, 11) is 1.86. The van der Waals surface area contributed by atoms with E-state index in [2.05, 4.69) is 12.2 Å². The monoisotopic (exact) mass is 253 g/mol. The second-order valence-electron chi connectivity index (χ2n) is 5.62. The largest absolute Gasteiger partial charge is 0.501 e. The third kappa shape index (κ3) is 3.27. The lowest BCUT2D eigenvalue weighted by atomic mass is 9.74. The molecule has 1 aliphatic carbocycles. The third-order valence-corrected chi connectivity index (χ3v) is 4.32. The van der Waals surface area contributed by atoms with Gasteiger partial charge in [0.05, 0.1) is 18.5 Å². The lowest BCUT2D eigenvalue weighted by Gasteiger charge is -2.43. The van der Waals surface area contributed by atoms with Crippen LogP contribution in [0.5, 0.6) is 0 Å². The molecule has 0 aromatic carbocycles. The summed E-state index contributed by atoms with van der Waals surface area (Å²) in [4.78, 5) is 0. The summed E-state index contributed by atoms with van der Waals surface area (Å²) >= 11 is 0. The zero-order valence-corrected chi connectivity index (χ0v) is 11.8. The molecule has 18 heavy (non-hydrogen) atoms. The minimum absolute atomic E-state index is 0.129. The van der Waals surface area contributed by atoms with Crippen molar-refractivity contribution in [3.63, 3.8) is 0 Å². The maximum atomic E-state index is 5.77. The van der Waals surface area contributed by atoms with Gasteiger partial charge in [0, 0.05) is 13.2 Å². The Morgan fingerprint density at radius 2 is 2.28 bits per heavy atom. The van der Waals surface area contributed by atoms with Gasteiger partial charge < -0.3 is 14.8 Å². The SMILES string of the molecule is CCCNC(CC1(OC)CCC1)C1=COCCC1. The number of hydrogen-bond acceptors (Lipinski definition) is 3. The molecule has 1 atom stereocenters. The van der Waals surface area contributed by atoms with Crippen molar-refractivity contribution in [2.24, 2.45) is 0 Å². The number of methoxy groups -OCH3 is 1. The number of nitrogens with one attached hydrogen (secondary N) is 1. The van der Waals surface area contributed by atoms with E-state index in [9.17, 15) is 0 Å². The molecule has 0 aromatic rings. The summed E-state index contributed by atoms with van der Waals surface area (Å²) in [6.45, 7) is 4.16. The molecular formula is C15H27NO2. The standard InChI is InChI=1S/C15H27NO2/c1-3-9-16-14(13-6-4-10-18-12-13)11-15(17-2)7-5-8-15/h12,14,16H,3-11H2,1-2H3. The Morgan fingerprint density at radius 1 is 1.44 bits per heavy atom. The Labute approximate surface area is 111 Å². The second kappa shape index (κ2) is 6.58. The van der Waals surface area contributed by atoms with Crippen molar-refractivity contribution in [2.45, 2.75) is 63.5 Å². The fraction of sp³-hybridized carbons (Fsp3) is 0.867. The molecule has 1 saturated carbocycles. The first kappa shape index (κ1) is 13.9. The van der Waals surface area contributed by atoms with Gasteiger partial charge in [-0.05, 0) is 57.1 Å². The van der Waals surface area contributed by atoms with Gasteiger partial charge in [-0.15, -0.1) is 0 Å². The number of rotatable bonds is 7. The molecule has 0 saturated heterocycles. The van der Waals surface area contributed by atoms with Crippen molar-refractivity contribution >= 4 is 0 Å². The van der Waals surface area contributed by atoms with Crippen molar-refractivity contribution < 1.29 is 9.47 Å². The molecule has 3 heteroatoms. The fourth-order valence-electron chi connectivity index (χ4n) is 2.93. The number of ether oxygens (including phenoxy) is 2. The van der Waals surface area contributed by atoms with Crippen LogP contribution in [0.4, 0.5) is 0 Å². The summed E-state index contributed by atoms with van der Waals surface area (Å²) < 4.78 is 11.3. The van der Waals surface area contributed by atoms with Gasteiger partial charge in [0.15, 0.2) is 0 Å². The molecule has 2 aliphatic rings.